The lowest BCUT2D eigenvalue weighted by atomic mass is 10.1. The predicted molar refractivity (Wildman–Crippen MR) is 82.9 cm³/mol. The summed E-state index contributed by atoms with van der Waals surface area (Å²) in [5.74, 6) is 0.916. The van der Waals surface area contributed by atoms with Crippen LogP contribution in [0.25, 0.3) is 0 Å². The van der Waals surface area contributed by atoms with Gasteiger partial charge in [0.25, 0.3) is 5.91 Å². The van der Waals surface area contributed by atoms with E-state index in [1.165, 1.54) is 31.2 Å². The van der Waals surface area contributed by atoms with Crippen LogP contribution in [0.15, 0.2) is 24.3 Å². The van der Waals surface area contributed by atoms with Gasteiger partial charge in [-0.05, 0) is 44.2 Å². The van der Waals surface area contributed by atoms with Crippen molar-refractivity contribution in [1.29, 1.82) is 0 Å². The first-order valence-corrected chi connectivity index (χ1v) is 7.77. The fourth-order valence-electron chi connectivity index (χ4n) is 2.89. The van der Waals surface area contributed by atoms with Gasteiger partial charge < -0.3 is 10.6 Å². The maximum Gasteiger partial charge on any atom is 0.251 e. The second kappa shape index (κ2) is 7.44. The zero-order valence-corrected chi connectivity index (χ0v) is 12.6. The van der Waals surface area contributed by atoms with E-state index in [1.54, 1.807) is 0 Å². The third-order valence-corrected chi connectivity index (χ3v) is 4.28. The number of hydrogen-bond donors (Lipinski definition) is 2. The number of nitrogens with one attached hydrogen (secondary N) is 2. The molecule has 0 saturated heterocycles. The van der Waals surface area contributed by atoms with E-state index < -0.39 is 0 Å². The topological polar surface area (TPSA) is 41.1 Å². The van der Waals surface area contributed by atoms with E-state index in [2.05, 4.69) is 17.6 Å². The Morgan fingerprint density at radius 2 is 1.95 bits per heavy atom. The molecule has 0 radical (unpaired) electrons. The van der Waals surface area contributed by atoms with E-state index >= 15 is 0 Å². The summed E-state index contributed by atoms with van der Waals surface area (Å²) in [6.45, 7) is 5.85. The van der Waals surface area contributed by atoms with Crippen LogP contribution in [0.1, 0.15) is 48.5 Å². The summed E-state index contributed by atoms with van der Waals surface area (Å²) in [7, 11) is 0. The highest BCUT2D eigenvalue weighted by molar-refractivity contribution is 5.94. The van der Waals surface area contributed by atoms with Gasteiger partial charge in [0.05, 0.1) is 0 Å². The number of carbonyl (C=O) groups excluding carboxylic acids is 1. The van der Waals surface area contributed by atoms with Crippen molar-refractivity contribution in [1.82, 2.24) is 10.6 Å². The molecule has 0 aromatic heterocycles. The van der Waals surface area contributed by atoms with Crippen molar-refractivity contribution in [3.63, 3.8) is 0 Å². The minimum Gasteiger partial charge on any atom is -0.351 e. The molecule has 1 aromatic carbocycles. The Labute approximate surface area is 122 Å². The number of amides is 1. The quantitative estimate of drug-likeness (QED) is 0.783. The van der Waals surface area contributed by atoms with Crippen molar-refractivity contribution in [2.75, 3.05) is 13.1 Å². The van der Waals surface area contributed by atoms with Crippen molar-refractivity contribution in [2.45, 2.75) is 45.6 Å². The van der Waals surface area contributed by atoms with E-state index in [0.29, 0.717) is 12.6 Å². The van der Waals surface area contributed by atoms with E-state index in [9.17, 15) is 4.79 Å². The molecule has 1 saturated carbocycles. The normalized spacial score (nSPS) is 21.9. The van der Waals surface area contributed by atoms with Crippen molar-refractivity contribution < 1.29 is 4.79 Å². The standard InChI is InChI=1S/C17H26N2O/c1-3-14-6-9-16(12-14)18-10-11-19-17(20)15-7-4-13(2)5-8-15/h4-5,7-8,14,16,18H,3,6,9-12H2,1-2H3,(H,19,20). The Morgan fingerprint density at radius 3 is 2.60 bits per heavy atom. The first kappa shape index (κ1) is 15.0. The molecule has 1 fully saturated rings. The SMILES string of the molecule is CCC1CCC(NCCNC(=O)c2ccc(C)cc2)C1. The second-order valence-corrected chi connectivity index (χ2v) is 5.86. The Bertz CT molecular complexity index is 427. The van der Waals surface area contributed by atoms with Crippen LogP contribution in [0, 0.1) is 12.8 Å². The molecule has 0 aliphatic heterocycles. The molecule has 2 atom stereocenters. The molecule has 1 amide bonds. The van der Waals surface area contributed by atoms with Crippen molar-refractivity contribution in [3.05, 3.63) is 35.4 Å². The summed E-state index contributed by atoms with van der Waals surface area (Å²) >= 11 is 0. The highest BCUT2D eigenvalue weighted by Gasteiger charge is 2.22. The van der Waals surface area contributed by atoms with Gasteiger partial charge in [0.15, 0.2) is 0 Å². The van der Waals surface area contributed by atoms with E-state index in [0.717, 1.165) is 18.0 Å². The van der Waals surface area contributed by atoms with Gasteiger partial charge in [-0.2, -0.15) is 0 Å². The molecule has 0 heterocycles. The monoisotopic (exact) mass is 274 g/mol. The molecule has 2 unspecified atom stereocenters. The molecule has 110 valence electrons. The first-order chi connectivity index (χ1) is 9.69. The largest absolute Gasteiger partial charge is 0.351 e. The number of rotatable bonds is 6. The van der Waals surface area contributed by atoms with Crippen LogP contribution < -0.4 is 10.6 Å². The zero-order chi connectivity index (χ0) is 14.4. The summed E-state index contributed by atoms with van der Waals surface area (Å²) in [6.07, 6.45) is 5.22. The van der Waals surface area contributed by atoms with Crippen LogP contribution in [-0.4, -0.2) is 25.0 Å². The third-order valence-electron chi connectivity index (χ3n) is 4.28. The Morgan fingerprint density at radius 1 is 1.20 bits per heavy atom. The van der Waals surface area contributed by atoms with Crippen molar-refractivity contribution in [2.24, 2.45) is 5.92 Å². The number of benzene rings is 1. The predicted octanol–water partition coefficient (Wildman–Crippen LogP) is 2.89. The molecule has 3 nitrogen and oxygen atoms in total. The van der Waals surface area contributed by atoms with Crippen LogP contribution >= 0.6 is 0 Å². The molecule has 0 spiro atoms. The highest BCUT2D eigenvalue weighted by atomic mass is 16.1. The van der Waals surface area contributed by atoms with Gasteiger partial charge >= 0.3 is 0 Å². The molecular formula is C17H26N2O. The van der Waals surface area contributed by atoms with Gasteiger partial charge in [0.1, 0.15) is 0 Å². The smallest absolute Gasteiger partial charge is 0.251 e. The maximum atomic E-state index is 11.9. The van der Waals surface area contributed by atoms with Gasteiger partial charge in [-0.25, -0.2) is 0 Å². The molecule has 1 aliphatic rings. The summed E-state index contributed by atoms with van der Waals surface area (Å²) in [5, 5.41) is 6.51. The lowest BCUT2D eigenvalue weighted by Crippen LogP contribution is -2.36. The molecule has 0 bridgehead atoms. The number of carbonyl (C=O) groups is 1. The van der Waals surface area contributed by atoms with E-state index in [-0.39, 0.29) is 5.91 Å². The van der Waals surface area contributed by atoms with Crippen molar-refractivity contribution >= 4 is 5.91 Å². The molecule has 20 heavy (non-hydrogen) atoms. The average molecular weight is 274 g/mol. The third kappa shape index (κ3) is 4.34. The summed E-state index contributed by atoms with van der Waals surface area (Å²) in [6, 6.07) is 8.34. The molecule has 2 rings (SSSR count). The lowest BCUT2D eigenvalue weighted by molar-refractivity contribution is 0.0953. The fourth-order valence-corrected chi connectivity index (χ4v) is 2.89. The minimum atomic E-state index is 0.0182. The minimum absolute atomic E-state index is 0.0182. The van der Waals surface area contributed by atoms with Crippen molar-refractivity contribution in [3.8, 4) is 0 Å². The Balaban J connectivity index is 1.63. The number of aryl methyl sites for hydroxylation is 1. The molecule has 1 aromatic rings. The molecular weight excluding hydrogens is 248 g/mol. The Hall–Kier alpha value is -1.35. The van der Waals surface area contributed by atoms with Crippen LogP contribution in [0.2, 0.25) is 0 Å². The van der Waals surface area contributed by atoms with Gasteiger partial charge in [0, 0.05) is 24.7 Å². The average Bonchev–Trinajstić information content (AvgIpc) is 2.92. The van der Waals surface area contributed by atoms with Crippen LogP contribution in [-0.2, 0) is 0 Å². The second-order valence-electron chi connectivity index (χ2n) is 5.86. The van der Waals surface area contributed by atoms with Crippen LogP contribution in [0.4, 0.5) is 0 Å². The summed E-state index contributed by atoms with van der Waals surface area (Å²) < 4.78 is 0. The van der Waals surface area contributed by atoms with Crippen LogP contribution in [0.3, 0.4) is 0 Å². The summed E-state index contributed by atoms with van der Waals surface area (Å²) in [4.78, 5) is 11.9. The van der Waals surface area contributed by atoms with Gasteiger partial charge in [-0.1, -0.05) is 31.0 Å². The molecule has 3 heteroatoms. The number of hydrogen-bond acceptors (Lipinski definition) is 2. The first-order valence-electron chi connectivity index (χ1n) is 7.77. The Kier molecular flexibility index (Phi) is 5.60. The molecule has 1 aliphatic carbocycles. The lowest BCUT2D eigenvalue weighted by Gasteiger charge is -2.13. The maximum absolute atomic E-state index is 11.9. The highest BCUT2D eigenvalue weighted by Crippen LogP contribution is 2.27. The van der Waals surface area contributed by atoms with Gasteiger partial charge in [-0.3, -0.25) is 4.79 Å². The fraction of sp³-hybridized carbons (Fsp3) is 0.588. The van der Waals surface area contributed by atoms with Gasteiger partial charge in [-0.15, -0.1) is 0 Å². The summed E-state index contributed by atoms with van der Waals surface area (Å²) in [5.41, 5.74) is 1.91. The van der Waals surface area contributed by atoms with Gasteiger partial charge in [0.2, 0.25) is 0 Å². The molecule has 2 N–H and O–H groups in total. The zero-order valence-electron chi connectivity index (χ0n) is 12.6. The van der Waals surface area contributed by atoms with E-state index in [4.69, 9.17) is 0 Å². The van der Waals surface area contributed by atoms with Crippen LogP contribution in [0.5, 0.6) is 0 Å². The van der Waals surface area contributed by atoms with E-state index in [1.807, 2.05) is 31.2 Å².